The van der Waals surface area contributed by atoms with Crippen LogP contribution in [0.1, 0.15) is 34.1 Å². The van der Waals surface area contributed by atoms with Gasteiger partial charge in [0.2, 0.25) is 0 Å². The quantitative estimate of drug-likeness (QED) is 0.573. The first-order valence-corrected chi connectivity index (χ1v) is 9.95. The highest BCUT2D eigenvalue weighted by atomic mass is 32.2. The van der Waals surface area contributed by atoms with Crippen molar-refractivity contribution < 1.29 is 22.3 Å². The maximum absolute atomic E-state index is 14.8. The Morgan fingerprint density at radius 3 is 2.65 bits per heavy atom. The number of ether oxygens (including phenoxy) is 2. The van der Waals surface area contributed by atoms with Gasteiger partial charge in [0.1, 0.15) is 21.9 Å². The number of hydrogen-bond donors (Lipinski definition) is 2. The molecular formula is C18H27FN2O4S. The van der Waals surface area contributed by atoms with Crippen molar-refractivity contribution in [2.24, 2.45) is 0 Å². The van der Waals surface area contributed by atoms with Crippen LogP contribution in [-0.2, 0) is 19.3 Å². The van der Waals surface area contributed by atoms with Gasteiger partial charge in [-0.2, -0.15) is 0 Å². The van der Waals surface area contributed by atoms with Crippen LogP contribution < -0.4 is 5.32 Å². The molecule has 2 aliphatic rings. The Bertz CT molecular complexity index is 785. The molecule has 0 aromatic rings. The van der Waals surface area contributed by atoms with Gasteiger partial charge in [-0.25, -0.2) is 12.8 Å². The molecule has 0 saturated carbocycles. The minimum atomic E-state index is -3.78. The van der Waals surface area contributed by atoms with Gasteiger partial charge in [-0.1, -0.05) is 6.58 Å². The molecule has 0 amide bonds. The third-order valence-electron chi connectivity index (χ3n) is 5.34. The van der Waals surface area contributed by atoms with Crippen molar-refractivity contribution in [1.82, 2.24) is 5.32 Å². The summed E-state index contributed by atoms with van der Waals surface area (Å²) >= 11 is 0. The van der Waals surface area contributed by atoms with E-state index >= 15 is 0 Å². The highest BCUT2D eigenvalue weighted by Crippen LogP contribution is 2.44. The highest BCUT2D eigenvalue weighted by Gasteiger charge is 2.62. The van der Waals surface area contributed by atoms with Crippen molar-refractivity contribution in [2.75, 3.05) is 13.7 Å². The summed E-state index contributed by atoms with van der Waals surface area (Å²) in [4.78, 5) is 0. The maximum atomic E-state index is 14.8. The summed E-state index contributed by atoms with van der Waals surface area (Å²) in [5.74, 6) is -0.377. The zero-order valence-electron chi connectivity index (χ0n) is 15.8. The number of rotatable bonds is 4. The second kappa shape index (κ2) is 6.81. The standard InChI is InChI=1S/C18H27FN2O4S/c1-11(24-6)7-8-14(19)13(3)18-10-25-12(2)9-15(18)26(22,23)17(4,5)16(20)21-18/h7-8,12,15H,3,9-10H2,1-2,4-6H3,(H2,20,21)/b11-7+,14-8+/t12-,15-,18-/m1/s1. The van der Waals surface area contributed by atoms with E-state index in [9.17, 15) is 12.8 Å². The first-order chi connectivity index (χ1) is 11.9. The van der Waals surface area contributed by atoms with Gasteiger partial charge in [-0.3, -0.25) is 5.41 Å². The zero-order chi connectivity index (χ0) is 19.9. The number of hydrogen-bond acceptors (Lipinski definition) is 5. The third-order valence-corrected chi connectivity index (χ3v) is 8.31. The van der Waals surface area contributed by atoms with Crippen LogP contribution in [0.3, 0.4) is 0 Å². The van der Waals surface area contributed by atoms with Crippen LogP contribution in [0.15, 0.2) is 35.9 Å². The van der Waals surface area contributed by atoms with Gasteiger partial charge in [-0.05, 0) is 46.3 Å². The minimum absolute atomic E-state index is 0.0432. The molecular weight excluding hydrogens is 359 g/mol. The smallest absolute Gasteiger partial charge is 0.168 e. The minimum Gasteiger partial charge on any atom is -0.501 e. The van der Waals surface area contributed by atoms with E-state index < -0.39 is 31.2 Å². The van der Waals surface area contributed by atoms with E-state index in [4.69, 9.17) is 14.9 Å². The summed E-state index contributed by atoms with van der Waals surface area (Å²) in [6.07, 6.45) is 2.53. The number of nitrogens with one attached hydrogen (secondary N) is 2. The van der Waals surface area contributed by atoms with Crippen LogP contribution in [0, 0.1) is 5.41 Å². The van der Waals surface area contributed by atoms with E-state index in [1.54, 1.807) is 13.8 Å². The molecule has 26 heavy (non-hydrogen) atoms. The van der Waals surface area contributed by atoms with E-state index in [1.165, 1.54) is 33.1 Å². The van der Waals surface area contributed by atoms with Crippen molar-refractivity contribution in [3.63, 3.8) is 0 Å². The summed E-state index contributed by atoms with van der Waals surface area (Å²) in [5.41, 5.74) is -1.45. The van der Waals surface area contributed by atoms with Crippen molar-refractivity contribution in [1.29, 1.82) is 5.41 Å². The van der Waals surface area contributed by atoms with Crippen LogP contribution >= 0.6 is 0 Å². The molecule has 2 N–H and O–H groups in total. The molecule has 0 radical (unpaired) electrons. The van der Waals surface area contributed by atoms with Crippen LogP contribution in [0.25, 0.3) is 0 Å². The fourth-order valence-corrected chi connectivity index (χ4v) is 5.62. The van der Waals surface area contributed by atoms with Gasteiger partial charge in [0.15, 0.2) is 9.84 Å². The number of halogens is 1. The van der Waals surface area contributed by atoms with Crippen molar-refractivity contribution in [2.45, 2.75) is 55.8 Å². The maximum Gasteiger partial charge on any atom is 0.168 e. The summed E-state index contributed by atoms with van der Waals surface area (Å²) in [6, 6.07) is 0. The van der Waals surface area contributed by atoms with Crippen LogP contribution in [0.4, 0.5) is 4.39 Å². The van der Waals surface area contributed by atoms with Crippen LogP contribution in [0.2, 0.25) is 0 Å². The molecule has 0 aliphatic carbocycles. The Balaban J connectivity index is 2.55. The van der Waals surface area contributed by atoms with Crippen molar-refractivity contribution in [3.05, 3.63) is 35.9 Å². The second-order valence-electron chi connectivity index (χ2n) is 7.35. The number of methoxy groups -OCH3 is 1. The lowest BCUT2D eigenvalue weighted by molar-refractivity contribution is -0.0119. The lowest BCUT2D eigenvalue weighted by Crippen LogP contribution is -2.75. The molecule has 0 bridgehead atoms. The van der Waals surface area contributed by atoms with E-state index in [1.807, 2.05) is 0 Å². The topological polar surface area (TPSA) is 88.5 Å². The van der Waals surface area contributed by atoms with Gasteiger partial charge >= 0.3 is 0 Å². The summed E-state index contributed by atoms with van der Waals surface area (Å²) < 4.78 is 50.5. The molecule has 0 unspecified atom stereocenters. The molecule has 8 heteroatoms. The van der Waals surface area contributed by atoms with Crippen LogP contribution in [-0.4, -0.2) is 49.6 Å². The van der Waals surface area contributed by atoms with E-state index in [2.05, 4.69) is 11.9 Å². The largest absolute Gasteiger partial charge is 0.501 e. The molecule has 6 nitrogen and oxygen atoms in total. The Labute approximate surface area is 154 Å². The monoisotopic (exact) mass is 386 g/mol. The van der Waals surface area contributed by atoms with Gasteiger partial charge in [-0.15, -0.1) is 0 Å². The van der Waals surface area contributed by atoms with Crippen LogP contribution in [0.5, 0.6) is 0 Å². The average Bonchev–Trinajstić information content (AvgIpc) is 2.58. The Hall–Kier alpha value is -1.67. The lowest BCUT2D eigenvalue weighted by Gasteiger charge is -2.53. The zero-order valence-corrected chi connectivity index (χ0v) is 16.7. The molecule has 2 aliphatic heterocycles. The van der Waals surface area contributed by atoms with E-state index in [0.29, 0.717) is 5.76 Å². The molecule has 0 spiro atoms. The predicted molar refractivity (Wildman–Crippen MR) is 99.5 cm³/mol. The average molecular weight is 386 g/mol. The summed E-state index contributed by atoms with van der Waals surface area (Å²) in [5, 5.41) is 10.2. The summed E-state index contributed by atoms with van der Waals surface area (Å²) in [7, 11) is -2.31. The Kier molecular flexibility index (Phi) is 5.41. The normalized spacial score (nSPS) is 33.8. The van der Waals surface area contributed by atoms with Gasteiger partial charge < -0.3 is 14.8 Å². The Morgan fingerprint density at radius 2 is 2.08 bits per heavy atom. The molecule has 2 saturated heterocycles. The van der Waals surface area contributed by atoms with Crippen molar-refractivity contribution >= 4 is 15.7 Å². The first kappa shape index (κ1) is 20.6. The fourth-order valence-electron chi connectivity index (χ4n) is 3.25. The van der Waals surface area contributed by atoms with E-state index in [-0.39, 0.29) is 30.5 Å². The van der Waals surface area contributed by atoms with Gasteiger partial charge in [0.05, 0.1) is 30.8 Å². The molecule has 146 valence electrons. The van der Waals surface area contributed by atoms with Crippen molar-refractivity contribution in [3.8, 4) is 0 Å². The molecule has 2 heterocycles. The number of amidine groups is 1. The fraction of sp³-hybridized carbons (Fsp3) is 0.611. The predicted octanol–water partition coefficient (Wildman–Crippen LogP) is 2.64. The highest BCUT2D eigenvalue weighted by molar-refractivity contribution is 7.94. The number of allylic oxidation sites excluding steroid dienone is 3. The van der Waals surface area contributed by atoms with Gasteiger partial charge in [0.25, 0.3) is 0 Å². The number of sulfone groups is 1. The Morgan fingerprint density at radius 1 is 1.46 bits per heavy atom. The molecule has 3 atom stereocenters. The second-order valence-corrected chi connectivity index (χ2v) is 10.0. The van der Waals surface area contributed by atoms with Gasteiger partial charge in [0, 0.05) is 5.57 Å². The SMILES string of the molecule is C=C(/C(F)=C\C=C(/C)OC)[C@]12CO[C@H](C)C[C@H]1S(=O)(=O)C(C)(C)C(=N)N2. The lowest BCUT2D eigenvalue weighted by atomic mass is 9.81. The molecule has 0 aromatic carbocycles. The first-order valence-electron chi connectivity index (χ1n) is 8.40. The summed E-state index contributed by atoms with van der Waals surface area (Å²) in [6.45, 7) is 10.2. The molecule has 2 fully saturated rings. The van der Waals surface area contributed by atoms with E-state index in [0.717, 1.165) is 0 Å². The molecule has 2 rings (SSSR count). The third kappa shape index (κ3) is 3.09. The molecule has 0 aromatic heterocycles. The number of fused-ring (bicyclic) bond motifs is 1.